The van der Waals surface area contributed by atoms with Crippen LogP contribution in [0, 0.1) is 0 Å². The molecule has 0 saturated heterocycles. The standard InChI is InChI=1S/C38H47N11O8/c39-49-43-18-22-57-26-25-55-20-16-41-34(51)30-11-13-31(14-12-30)44-37-46-36(47-38(48-37)45-32(35(52)53)27-28-7-3-1-4-8-28)42-17-21-56-24-23-54-19-15-40-33(50)29-9-5-2-6-10-29/h1-14,32H,15-27H2,(H,40,50)(H,41,51)(H,52,53)(H3,42,44,45,46,47,48)/t32-/m0/s1. The average Bonchev–Trinajstić information content (AvgIpc) is 3.22. The number of azide groups is 1. The van der Waals surface area contributed by atoms with E-state index in [1.54, 1.807) is 48.5 Å². The fourth-order valence-electron chi connectivity index (χ4n) is 4.91. The molecule has 4 aromatic rings. The number of aromatic nitrogens is 3. The number of rotatable bonds is 28. The van der Waals surface area contributed by atoms with E-state index in [0.29, 0.717) is 89.3 Å². The van der Waals surface area contributed by atoms with Crippen molar-refractivity contribution < 1.29 is 38.4 Å². The Bertz CT molecular complexity index is 1850. The second-order valence-electron chi connectivity index (χ2n) is 11.9. The van der Waals surface area contributed by atoms with Gasteiger partial charge in [-0.3, -0.25) is 9.59 Å². The van der Waals surface area contributed by atoms with E-state index in [0.717, 1.165) is 5.56 Å². The Labute approximate surface area is 329 Å². The van der Waals surface area contributed by atoms with Crippen LogP contribution in [0.15, 0.2) is 90.0 Å². The number of nitrogens with zero attached hydrogens (tertiary/aromatic N) is 6. The van der Waals surface area contributed by atoms with Gasteiger partial charge in [-0.25, -0.2) is 4.79 Å². The number of hydrogen-bond acceptors (Lipinski definition) is 14. The van der Waals surface area contributed by atoms with Crippen LogP contribution < -0.4 is 26.6 Å². The lowest BCUT2D eigenvalue weighted by atomic mass is 10.1. The van der Waals surface area contributed by atoms with Crippen molar-refractivity contribution in [2.75, 3.05) is 95.0 Å². The number of carboxylic acids is 1. The molecule has 0 saturated carbocycles. The first-order chi connectivity index (χ1) is 27.9. The van der Waals surface area contributed by atoms with Gasteiger partial charge in [0.05, 0.1) is 52.9 Å². The van der Waals surface area contributed by atoms with Gasteiger partial charge in [0.2, 0.25) is 17.8 Å². The molecule has 2 amide bonds. The fraction of sp³-hybridized carbons (Fsp3) is 0.368. The van der Waals surface area contributed by atoms with E-state index in [9.17, 15) is 19.5 Å². The summed E-state index contributed by atoms with van der Waals surface area (Å²) < 4.78 is 21.9. The quantitative estimate of drug-likeness (QED) is 0.0208. The number of benzene rings is 3. The molecular weight excluding hydrogens is 738 g/mol. The minimum absolute atomic E-state index is 0.0324. The Morgan fingerprint density at radius 2 is 1.18 bits per heavy atom. The van der Waals surface area contributed by atoms with Crippen molar-refractivity contribution in [2.24, 2.45) is 5.11 Å². The van der Waals surface area contributed by atoms with Crippen molar-refractivity contribution in [3.8, 4) is 0 Å². The van der Waals surface area contributed by atoms with Gasteiger partial charge in [-0.15, -0.1) is 0 Å². The number of carboxylic acid groups (broad SMARTS) is 1. The number of anilines is 4. The van der Waals surface area contributed by atoms with Crippen LogP contribution >= 0.6 is 0 Å². The van der Waals surface area contributed by atoms with Gasteiger partial charge in [0.25, 0.3) is 11.8 Å². The predicted octanol–water partition coefficient (Wildman–Crippen LogP) is 3.67. The zero-order chi connectivity index (χ0) is 40.3. The summed E-state index contributed by atoms with van der Waals surface area (Å²) in [6.07, 6.45) is 0.187. The Morgan fingerprint density at radius 3 is 1.77 bits per heavy atom. The van der Waals surface area contributed by atoms with Gasteiger partial charge in [0, 0.05) is 54.3 Å². The molecule has 6 N–H and O–H groups in total. The zero-order valence-corrected chi connectivity index (χ0v) is 31.3. The molecule has 0 fully saturated rings. The van der Waals surface area contributed by atoms with E-state index in [4.69, 9.17) is 24.5 Å². The second kappa shape index (κ2) is 25.7. The normalized spacial score (nSPS) is 11.2. The van der Waals surface area contributed by atoms with Gasteiger partial charge in [-0.1, -0.05) is 53.6 Å². The molecule has 3 aromatic carbocycles. The molecule has 0 aliphatic heterocycles. The summed E-state index contributed by atoms with van der Waals surface area (Å²) in [5.74, 6) is -1.19. The van der Waals surface area contributed by atoms with Crippen LogP contribution in [-0.4, -0.2) is 123 Å². The third-order valence-electron chi connectivity index (χ3n) is 7.70. The lowest BCUT2D eigenvalue weighted by Gasteiger charge is -2.16. The summed E-state index contributed by atoms with van der Waals surface area (Å²) in [4.78, 5) is 52.9. The maximum absolute atomic E-state index is 12.6. The predicted molar refractivity (Wildman–Crippen MR) is 212 cm³/mol. The first kappa shape index (κ1) is 43.4. The van der Waals surface area contributed by atoms with E-state index in [1.165, 1.54) is 0 Å². The fourth-order valence-corrected chi connectivity index (χ4v) is 4.91. The molecule has 1 heterocycles. The molecule has 0 aliphatic rings. The van der Waals surface area contributed by atoms with Crippen LogP contribution in [0.4, 0.5) is 23.5 Å². The van der Waals surface area contributed by atoms with E-state index >= 15 is 0 Å². The van der Waals surface area contributed by atoms with Crippen molar-refractivity contribution in [2.45, 2.75) is 12.5 Å². The highest BCUT2D eigenvalue weighted by atomic mass is 16.5. The van der Waals surface area contributed by atoms with Crippen LogP contribution in [0.5, 0.6) is 0 Å². The summed E-state index contributed by atoms with van der Waals surface area (Å²) >= 11 is 0. The maximum atomic E-state index is 12.6. The van der Waals surface area contributed by atoms with Gasteiger partial charge in [0.1, 0.15) is 6.04 Å². The van der Waals surface area contributed by atoms with Crippen LogP contribution in [0.1, 0.15) is 26.3 Å². The number of carbonyl (C=O) groups is 3. The number of carbonyl (C=O) groups excluding carboxylic acids is 2. The zero-order valence-electron chi connectivity index (χ0n) is 31.3. The number of ether oxygens (including phenoxy) is 4. The highest BCUT2D eigenvalue weighted by Gasteiger charge is 2.20. The largest absolute Gasteiger partial charge is 0.480 e. The van der Waals surface area contributed by atoms with Gasteiger partial charge in [-0.2, -0.15) is 15.0 Å². The van der Waals surface area contributed by atoms with Crippen molar-refractivity contribution >= 4 is 41.3 Å². The molecular formula is C38H47N11O8. The molecule has 4 rings (SSSR count). The molecule has 0 radical (unpaired) electrons. The SMILES string of the molecule is [N-]=[N+]=NCCOCCOCCNC(=O)c1ccc(Nc2nc(NCCOCCOCCNC(=O)c3ccccc3)nc(N[C@@H](Cc3ccccc3)C(=O)O)n2)cc1. The Morgan fingerprint density at radius 1 is 0.649 bits per heavy atom. The van der Waals surface area contributed by atoms with Crippen LogP contribution in [-0.2, 0) is 30.2 Å². The van der Waals surface area contributed by atoms with Gasteiger partial charge in [-0.05, 0) is 47.5 Å². The third-order valence-corrected chi connectivity index (χ3v) is 7.70. The lowest BCUT2D eigenvalue weighted by Crippen LogP contribution is -2.32. The molecule has 0 spiro atoms. The molecule has 0 unspecified atom stereocenters. The molecule has 57 heavy (non-hydrogen) atoms. The number of aliphatic carboxylic acids is 1. The smallest absolute Gasteiger partial charge is 0.326 e. The monoisotopic (exact) mass is 785 g/mol. The Hall–Kier alpha value is -6.37. The van der Waals surface area contributed by atoms with Gasteiger partial charge >= 0.3 is 5.97 Å². The molecule has 0 aliphatic carbocycles. The van der Waals surface area contributed by atoms with Gasteiger partial charge < -0.3 is 50.6 Å². The summed E-state index contributed by atoms with van der Waals surface area (Å²) in [7, 11) is 0. The summed E-state index contributed by atoms with van der Waals surface area (Å²) in [5, 5.41) is 28.0. The molecule has 19 nitrogen and oxygen atoms in total. The minimum atomic E-state index is -1.08. The second-order valence-corrected chi connectivity index (χ2v) is 11.9. The molecule has 0 bridgehead atoms. The molecule has 1 atom stereocenters. The number of nitrogens with one attached hydrogen (secondary N) is 5. The van der Waals surface area contributed by atoms with E-state index < -0.39 is 12.0 Å². The van der Waals surface area contributed by atoms with E-state index in [-0.39, 0.29) is 42.6 Å². The minimum Gasteiger partial charge on any atom is -0.480 e. The lowest BCUT2D eigenvalue weighted by molar-refractivity contribution is -0.137. The van der Waals surface area contributed by atoms with E-state index in [2.05, 4.69) is 51.6 Å². The summed E-state index contributed by atoms with van der Waals surface area (Å²) in [6, 6.07) is 23.8. The average molecular weight is 786 g/mol. The summed E-state index contributed by atoms with van der Waals surface area (Å²) in [6.45, 7) is 3.83. The molecule has 302 valence electrons. The molecule has 1 aromatic heterocycles. The Kier molecular flexibility index (Phi) is 19.5. The molecule has 19 heteroatoms. The third kappa shape index (κ3) is 17.3. The topological polar surface area (TPSA) is 256 Å². The van der Waals surface area contributed by atoms with Crippen molar-refractivity contribution in [1.29, 1.82) is 0 Å². The van der Waals surface area contributed by atoms with Gasteiger partial charge in [0.15, 0.2) is 0 Å². The highest BCUT2D eigenvalue weighted by Crippen LogP contribution is 2.18. The first-order valence-corrected chi connectivity index (χ1v) is 18.2. The number of amides is 2. The number of hydrogen-bond donors (Lipinski definition) is 6. The Balaban J connectivity index is 1.25. The van der Waals surface area contributed by atoms with Crippen LogP contribution in [0.25, 0.3) is 10.4 Å². The van der Waals surface area contributed by atoms with Crippen LogP contribution in [0.3, 0.4) is 0 Å². The van der Waals surface area contributed by atoms with Crippen molar-refractivity contribution in [3.05, 3.63) is 112 Å². The first-order valence-electron chi connectivity index (χ1n) is 18.2. The highest BCUT2D eigenvalue weighted by molar-refractivity contribution is 5.94. The summed E-state index contributed by atoms with van der Waals surface area (Å²) in [5.41, 5.74) is 10.6. The van der Waals surface area contributed by atoms with Crippen molar-refractivity contribution in [3.63, 3.8) is 0 Å². The maximum Gasteiger partial charge on any atom is 0.326 e. The van der Waals surface area contributed by atoms with E-state index in [1.807, 2.05) is 36.4 Å². The van der Waals surface area contributed by atoms with Crippen LogP contribution in [0.2, 0.25) is 0 Å². The van der Waals surface area contributed by atoms with Crippen molar-refractivity contribution in [1.82, 2.24) is 25.6 Å².